The predicted molar refractivity (Wildman–Crippen MR) is 510 cm³/mol. The van der Waals surface area contributed by atoms with E-state index in [1.807, 2.05) is 196 Å². The summed E-state index contributed by atoms with van der Waals surface area (Å²) in [4.78, 5) is 63.3. The number of halogens is 11. The zero-order valence-electron chi connectivity index (χ0n) is 70.5. The number of H-pyrrole nitrogens is 2. The highest BCUT2D eigenvalue weighted by Gasteiger charge is 2.44. The first-order valence-corrected chi connectivity index (χ1v) is 43.7. The maximum atomic E-state index is 13.3. The summed E-state index contributed by atoms with van der Waals surface area (Å²) >= 11 is 6.89. The third-order valence-corrected chi connectivity index (χ3v) is 24.2. The van der Waals surface area contributed by atoms with Gasteiger partial charge in [0.2, 0.25) is 11.6 Å². The molecule has 0 saturated carbocycles. The number of para-hydroxylation sites is 4. The lowest BCUT2D eigenvalue weighted by Gasteiger charge is -2.35. The summed E-state index contributed by atoms with van der Waals surface area (Å²) in [6.07, 6.45) is -2.98. The van der Waals surface area contributed by atoms with E-state index in [4.69, 9.17) is 19.4 Å². The van der Waals surface area contributed by atoms with Crippen molar-refractivity contribution in [2.75, 3.05) is 49.1 Å². The molecule has 3 aliphatic heterocycles. The van der Waals surface area contributed by atoms with Crippen LogP contribution in [0.4, 0.5) is 50.9 Å². The fraction of sp³-hybridized carbons (Fsp3) is 0.273. The summed E-state index contributed by atoms with van der Waals surface area (Å²) in [6.45, 7) is 10.2. The summed E-state index contributed by atoms with van der Waals surface area (Å²) in [5.41, 5.74) is 14.6. The van der Waals surface area contributed by atoms with E-state index in [9.17, 15) is 49.1 Å². The van der Waals surface area contributed by atoms with E-state index in [1.54, 1.807) is 78.4 Å². The summed E-state index contributed by atoms with van der Waals surface area (Å²) in [7, 11) is 0. The van der Waals surface area contributed by atoms with Crippen molar-refractivity contribution < 1.29 is 49.0 Å². The van der Waals surface area contributed by atoms with Crippen LogP contribution in [0.25, 0.3) is 112 Å². The number of nitrogens with zero attached hydrogens (tertiary/aromatic N) is 16. The quantitative estimate of drug-likeness (QED) is 0.0962. The van der Waals surface area contributed by atoms with Gasteiger partial charge in [-0.3, -0.25) is 9.59 Å². The molecule has 688 valence electrons. The molecule has 3 aliphatic rings. The van der Waals surface area contributed by atoms with Crippen LogP contribution in [-0.4, -0.2) is 136 Å². The van der Waals surface area contributed by atoms with Crippen LogP contribution in [0.5, 0.6) is 11.5 Å². The minimum atomic E-state index is -4.19. The molecule has 3 atom stereocenters. The molecule has 3 fully saturated rings. The minimum Gasteiger partial charge on any atom is -0.488 e. The van der Waals surface area contributed by atoms with Crippen LogP contribution in [0.15, 0.2) is 250 Å². The Balaban J connectivity index is 0.000000138. The number of ether oxygens (including phenoxy) is 2. The zero-order valence-corrected chi connectivity index (χ0v) is 73.7. The number of aromatic amines is 2. The standard InChI is InChI=1S/C29H26F3N5O.C23H17BrN4O.C22H20F3N5O.C16H11BrN4O.C6H10F3N.3CH4/c1-19-26(33-24-12-6-5-11-23(24)27(19)38-18-20-8-3-2-4-9-20)28-34-25-14-13-22(17-37(25)35-28)36-15-7-10-21(16-36)29(30,31)32;1-15-21(23-26-20-12-11-17(24)13-28(20)27-23)25-19-10-6-5-9-18(19)22(15)29-14-16-7-3-2-4-8-16;1-13-19(26-17-7-3-2-6-16(17)20(13)31)21-27-18-9-8-15(12-30(18)28-21)29-10-4-5-14(11-29)22(23,24)25;1-9-14(18-12-5-3-2-4-11(12)15(9)22)16-19-13-7-6-10(17)8-21(13)20-16;7-6(8,9)5-2-1-3-10-4-5;;;/h2-6,8-9,11-14,17,21H,7,10,15-16,18H2,1H3;2-13H,14H2,1H3;2-3,6-9,12,14H,4-5,10-11H2,1H3,(H,26,31);2-8H,1H3,(H,18,22);5,10H,1-4H2;3*1H4. The van der Waals surface area contributed by atoms with Crippen molar-refractivity contribution in [2.45, 2.75) is 120 Å². The second-order valence-electron chi connectivity index (χ2n) is 32.1. The molecule has 18 aromatic rings. The van der Waals surface area contributed by atoms with Crippen molar-refractivity contribution in [3.05, 3.63) is 294 Å². The van der Waals surface area contributed by atoms with Crippen LogP contribution >= 0.6 is 31.9 Å². The van der Waals surface area contributed by atoms with Crippen LogP contribution in [0.3, 0.4) is 0 Å². The molecule has 23 nitrogen and oxygen atoms in total. The fourth-order valence-electron chi connectivity index (χ4n) is 16.3. The van der Waals surface area contributed by atoms with Crippen LogP contribution in [-0.2, 0) is 13.2 Å². The molecule has 3 unspecified atom stereocenters. The van der Waals surface area contributed by atoms with Crippen molar-refractivity contribution in [3.8, 4) is 57.6 Å². The minimum absolute atomic E-state index is 0. The summed E-state index contributed by atoms with van der Waals surface area (Å²) in [5.74, 6) is -0.331. The molecule has 133 heavy (non-hydrogen) atoms. The van der Waals surface area contributed by atoms with Crippen LogP contribution < -0.4 is 35.4 Å². The first-order valence-electron chi connectivity index (χ1n) is 42.1. The SMILES string of the molecule is C.C.C.Cc1c(-c2nc3ccc(Br)cn3n2)[nH]c2ccccc2c1=O.Cc1c(-c2nc3ccc(Br)cn3n2)nc2ccccc2c1OCc1ccccc1.Cc1c(-c2nc3ccc(N4CCCC(C(F)(F)F)C4)cn3n2)[nH]c2ccccc2c1=O.Cc1c(-c2nc3ccc(N4CCCC(C(F)(F)F)C4)cn3n2)nc2ccccc2c1OCc1ccccc1.FC(F)(F)C1CCCNC1. The zero-order chi connectivity index (χ0) is 90.7. The Morgan fingerprint density at radius 3 is 1.11 bits per heavy atom. The molecule has 12 aromatic heterocycles. The number of hydrogen-bond acceptors (Lipinski definition) is 17. The number of hydrogen-bond donors (Lipinski definition) is 3. The molecule has 3 saturated heterocycles. The molecular formula is C99H96Br2F9N19O4. The highest BCUT2D eigenvalue weighted by Crippen LogP contribution is 2.41. The second kappa shape index (κ2) is 40.7. The van der Waals surface area contributed by atoms with Gasteiger partial charge >= 0.3 is 18.5 Å². The number of piperidine rings is 3. The van der Waals surface area contributed by atoms with Crippen LogP contribution in [0, 0.1) is 45.4 Å². The summed E-state index contributed by atoms with van der Waals surface area (Å²) < 4.78 is 136. The molecule has 0 spiro atoms. The van der Waals surface area contributed by atoms with E-state index in [2.05, 4.69) is 99.6 Å². The maximum Gasteiger partial charge on any atom is 0.393 e. The van der Waals surface area contributed by atoms with Gasteiger partial charge in [-0.15, -0.1) is 20.4 Å². The lowest BCUT2D eigenvalue weighted by Crippen LogP contribution is -2.41. The van der Waals surface area contributed by atoms with E-state index in [0.717, 1.165) is 93.6 Å². The Bertz CT molecular complexity index is 7300. The van der Waals surface area contributed by atoms with Gasteiger partial charge in [-0.25, -0.2) is 48.0 Å². The molecule has 21 rings (SSSR count). The Labute approximate surface area is 775 Å². The maximum absolute atomic E-state index is 13.3. The lowest BCUT2D eigenvalue weighted by molar-refractivity contribution is -0.178. The van der Waals surface area contributed by atoms with Gasteiger partial charge in [0.1, 0.15) is 36.1 Å². The third-order valence-electron chi connectivity index (χ3n) is 23.2. The molecule has 34 heteroatoms. The summed E-state index contributed by atoms with van der Waals surface area (Å²) in [5, 5.41) is 24.1. The molecule has 0 bridgehead atoms. The van der Waals surface area contributed by atoms with Gasteiger partial charge in [-0.05, 0) is 213 Å². The second-order valence-corrected chi connectivity index (χ2v) is 33.9. The Morgan fingerprint density at radius 1 is 0.383 bits per heavy atom. The number of nitrogens with one attached hydrogen (secondary N) is 3. The molecule has 0 radical (unpaired) electrons. The Kier molecular flexibility index (Phi) is 29.3. The van der Waals surface area contributed by atoms with E-state index < -0.39 is 36.3 Å². The molecular weight excluding hydrogens is 1850 g/mol. The topological polar surface area (TPSA) is 249 Å². The van der Waals surface area contributed by atoms with E-state index in [0.29, 0.717) is 136 Å². The van der Waals surface area contributed by atoms with Gasteiger partial charge < -0.3 is 34.6 Å². The van der Waals surface area contributed by atoms with Crippen molar-refractivity contribution in [2.24, 2.45) is 17.8 Å². The number of fused-ring (bicyclic) bond motifs is 8. The van der Waals surface area contributed by atoms with E-state index in [1.165, 1.54) is 0 Å². The van der Waals surface area contributed by atoms with E-state index >= 15 is 0 Å². The van der Waals surface area contributed by atoms with Gasteiger partial charge in [-0.1, -0.05) is 131 Å². The van der Waals surface area contributed by atoms with E-state index in [-0.39, 0.29) is 72.0 Å². The number of alkyl halides is 9. The molecule has 0 aliphatic carbocycles. The van der Waals surface area contributed by atoms with Gasteiger partial charge in [0, 0.05) is 109 Å². The van der Waals surface area contributed by atoms with Crippen LogP contribution in [0.1, 0.15) is 94.2 Å². The molecule has 3 N–H and O–H groups in total. The number of rotatable bonds is 12. The monoisotopic (exact) mass is 1940 g/mol. The summed E-state index contributed by atoms with van der Waals surface area (Å²) in [6, 6.07) is 65.3. The first-order chi connectivity index (χ1) is 62.6. The Morgan fingerprint density at radius 2 is 0.729 bits per heavy atom. The number of aromatic nitrogens is 16. The highest BCUT2D eigenvalue weighted by atomic mass is 79.9. The Hall–Kier alpha value is -13.5. The first kappa shape index (κ1) is 95.6. The normalized spacial score (nSPS) is 15.2. The van der Waals surface area contributed by atoms with Crippen molar-refractivity contribution >= 4 is 109 Å². The third kappa shape index (κ3) is 21.4. The highest BCUT2D eigenvalue weighted by molar-refractivity contribution is 9.10. The molecule has 15 heterocycles. The van der Waals surface area contributed by atoms with Gasteiger partial charge in [-0.2, -0.15) is 39.5 Å². The predicted octanol–water partition coefficient (Wildman–Crippen LogP) is 23.3. The average Bonchev–Trinajstić information content (AvgIpc) is 1.73. The number of anilines is 2. The van der Waals surface area contributed by atoms with Crippen LogP contribution in [0.2, 0.25) is 0 Å². The van der Waals surface area contributed by atoms with Gasteiger partial charge in [0.25, 0.3) is 0 Å². The molecule has 6 aromatic carbocycles. The van der Waals surface area contributed by atoms with Gasteiger partial charge in [0.05, 0.1) is 63.9 Å². The number of benzene rings is 6. The van der Waals surface area contributed by atoms with Crippen molar-refractivity contribution in [1.82, 2.24) is 83.6 Å². The molecule has 0 amide bonds. The average molecular weight is 1950 g/mol. The van der Waals surface area contributed by atoms with Crippen molar-refractivity contribution in [3.63, 3.8) is 0 Å². The smallest absolute Gasteiger partial charge is 0.393 e. The van der Waals surface area contributed by atoms with Crippen molar-refractivity contribution in [1.29, 1.82) is 0 Å². The fourth-order valence-corrected chi connectivity index (χ4v) is 16.9. The number of pyridine rings is 8. The lowest BCUT2D eigenvalue weighted by atomic mass is 9.97. The largest absolute Gasteiger partial charge is 0.488 e. The van der Waals surface area contributed by atoms with Gasteiger partial charge in [0.15, 0.2) is 45.1 Å².